The molecular formula is C17H27N3O3. The van der Waals surface area contributed by atoms with E-state index in [0.717, 1.165) is 44.0 Å². The summed E-state index contributed by atoms with van der Waals surface area (Å²) < 4.78 is 11.3. The predicted octanol–water partition coefficient (Wildman–Crippen LogP) is 2.32. The zero-order valence-electron chi connectivity index (χ0n) is 14.0. The molecule has 0 spiro atoms. The van der Waals surface area contributed by atoms with Crippen LogP contribution in [-0.2, 0) is 4.74 Å². The summed E-state index contributed by atoms with van der Waals surface area (Å²) in [6.45, 7) is 5.87. The van der Waals surface area contributed by atoms with E-state index in [2.05, 4.69) is 22.5 Å². The van der Waals surface area contributed by atoms with Crippen molar-refractivity contribution in [3.8, 4) is 5.75 Å². The molecule has 2 amide bonds. The number of amides is 2. The van der Waals surface area contributed by atoms with Gasteiger partial charge in [-0.2, -0.15) is 0 Å². The summed E-state index contributed by atoms with van der Waals surface area (Å²) in [6, 6.07) is 7.22. The van der Waals surface area contributed by atoms with Crippen LogP contribution in [0.1, 0.15) is 19.8 Å². The molecule has 1 aliphatic heterocycles. The van der Waals surface area contributed by atoms with Crippen molar-refractivity contribution in [3.63, 3.8) is 0 Å². The Morgan fingerprint density at radius 3 is 3.09 bits per heavy atom. The molecule has 0 saturated carbocycles. The highest BCUT2D eigenvalue weighted by Gasteiger charge is 2.16. The molecule has 1 heterocycles. The van der Waals surface area contributed by atoms with E-state index in [0.29, 0.717) is 13.2 Å². The maximum atomic E-state index is 11.9. The van der Waals surface area contributed by atoms with Gasteiger partial charge in [0.25, 0.3) is 0 Å². The Balaban J connectivity index is 1.73. The second-order valence-electron chi connectivity index (χ2n) is 5.75. The number of urea groups is 1. The fraction of sp³-hybridized carbons (Fsp3) is 0.588. The van der Waals surface area contributed by atoms with E-state index in [1.807, 2.05) is 31.3 Å². The van der Waals surface area contributed by atoms with Gasteiger partial charge in [0.2, 0.25) is 0 Å². The van der Waals surface area contributed by atoms with Crippen LogP contribution in [0.4, 0.5) is 10.5 Å². The minimum absolute atomic E-state index is 0.186. The molecule has 6 heteroatoms. The molecule has 128 valence electrons. The van der Waals surface area contributed by atoms with Gasteiger partial charge >= 0.3 is 6.03 Å². The number of ether oxygens (including phenoxy) is 2. The molecule has 1 atom stereocenters. The van der Waals surface area contributed by atoms with Crippen LogP contribution in [0.15, 0.2) is 24.3 Å². The van der Waals surface area contributed by atoms with Crippen LogP contribution >= 0.6 is 0 Å². The van der Waals surface area contributed by atoms with Crippen LogP contribution in [0.25, 0.3) is 0 Å². The minimum atomic E-state index is -0.203. The van der Waals surface area contributed by atoms with E-state index in [1.54, 1.807) is 0 Å². The SMILES string of the molecule is CCN(C)CCNC(=O)Nc1cccc(OC[C@@H]2CCCO2)c1. The van der Waals surface area contributed by atoms with Gasteiger partial charge in [-0.3, -0.25) is 0 Å². The van der Waals surface area contributed by atoms with Gasteiger partial charge in [0.15, 0.2) is 0 Å². The van der Waals surface area contributed by atoms with Crippen LogP contribution in [0, 0.1) is 0 Å². The van der Waals surface area contributed by atoms with Gasteiger partial charge < -0.3 is 25.0 Å². The third-order valence-electron chi connectivity index (χ3n) is 3.87. The molecule has 1 saturated heterocycles. The van der Waals surface area contributed by atoms with E-state index in [4.69, 9.17) is 9.47 Å². The summed E-state index contributed by atoms with van der Waals surface area (Å²) in [5.41, 5.74) is 0.719. The molecule has 0 aromatic heterocycles. The summed E-state index contributed by atoms with van der Waals surface area (Å²) in [6.07, 6.45) is 2.33. The number of likely N-dealkylation sites (N-methyl/N-ethyl adjacent to an activating group) is 1. The van der Waals surface area contributed by atoms with E-state index in [-0.39, 0.29) is 12.1 Å². The van der Waals surface area contributed by atoms with Gasteiger partial charge in [-0.05, 0) is 38.6 Å². The van der Waals surface area contributed by atoms with Crippen molar-refractivity contribution in [2.45, 2.75) is 25.9 Å². The highest BCUT2D eigenvalue weighted by Crippen LogP contribution is 2.19. The summed E-state index contributed by atoms with van der Waals surface area (Å²) in [4.78, 5) is 14.0. The van der Waals surface area contributed by atoms with Crippen LogP contribution < -0.4 is 15.4 Å². The zero-order chi connectivity index (χ0) is 16.5. The number of hydrogen-bond acceptors (Lipinski definition) is 4. The number of nitrogens with one attached hydrogen (secondary N) is 2. The standard InChI is InChI=1S/C17H27N3O3/c1-3-20(2)10-9-18-17(21)19-14-6-4-7-15(12-14)23-13-16-8-5-11-22-16/h4,6-7,12,16H,3,5,8-11,13H2,1-2H3,(H2,18,19,21)/t16-/m0/s1. The Morgan fingerprint density at radius 2 is 2.35 bits per heavy atom. The molecule has 23 heavy (non-hydrogen) atoms. The fourth-order valence-corrected chi connectivity index (χ4v) is 2.32. The molecule has 1 aliphatic rings. The Labute approximate surface area is 138 Å². The number of carbonyl (C=O) groups excluding carboxylic acids is 1. The minimum Gasteiger partial charge on any atom is -0.491 e. The Hall–Kier alpha value is -1.79. The van der Waals surface area contributed by atoms with Gasteiger partial charge in [-0.25, -0.2) is 4.79 Å². The maximum Gasteiger partial charge on any atom is 0.319 e. The van der Waals surface area contributed by atoms with Crippen molar-refractivity contribution in [1.29, 1.82) is 0 Å². The van der Waals surface area contributed by atoms with Crippen LogP contribution in [0.3, 0.4) is 0 Å². The van der Waals surface area contributed by atoms with Crippen molar-refractivity contribution >= 4 is 11.7 Å². The zero-order valence-corrected chi connectivity index (χ0v) is 14.0. The third kappa shape index (κ3) is 6.46. The average molecular weight is 321 g/mol. The Bertz CT molecular complexity index is 490. The topological polar surface area (TPSA) is 62.8 Å². The van der Waals surface area contributed by atoms with Gasteiger partial charge in [-0.15, -0.1) is 0 Å². The van der Waals surface area contributed by atoms with Gasteiger partial charge in [0.1, 0.15) is 12.4 Å². The molecule has 1 aromatic carbocycles. The number of benzene rings is 1. The van der Waals surface area contributed by atoms with Gasteiger partial charge in [0, 0.05) is 31.5 Å². The van der Waals surface area contributed by atoms with E-state index < -0.39 is 0 Å². The molecule has 0 unspecified atom stereocenters. The quantitative estimate of drug-likeness (QED) is 0.771. The number of anilines is 1. The molecule has 2 N–H and O–H groups in total. The lowest BCUT2D eigenvalue weighted by atomic mass is 10.2. The lowest BCUT2D eigenvalue weighted by Crippen LogP contribution is -2.35. The molecule has 0 bridgehead atoms. The number of nitrogens with zero attached hydrogens (tertiary/aromatic N) is 1. The summed E-state index contributed by atoms with van der Waals surface area (Å²) in [5.74, 6) is 0.740. The number of carbonyl (C=O) groups is 1. The summed E-state index contributed by atoms with van der Waals surface area (Å²) >= 11 is 0. The largest absolute Gasteiger partial charge is 0.491 e. The first-order chi connectivity index (χ1) is 11.2. The first-order valence-electron chi connectivity index (χ1n) is 8.25. The normalized spacial score (nSPS) is 17.3. The molecule has 1 aromatic rings. The van der Waals surface area contributed by atoms with Crippen LogP contribution in [0.5, 0.6) is 5.75 Å². The van der Waals surface area contributed by atoms with Crippen LogP contribution in [0.2, 0.25) is 0 Å². The second-order valence-corrected chi connectivity index (χ2v) is 5.75. The third-order valence-corrected chi connectivity index (χ3v) is 3.87. The highest BCUT2D eigenvalue weighted by molar-refractivity contribution is 5.89. The Morgan fingerprint density at radius 1 is 1.48 bits per heavy atom. The summed E-state index contributed by atoms with van der Waals surface area (Å²) in [5, 5.41) is 5.66. The van der Waals surface area contributed by atoms with Crippen LogP contribution in [-0.4, -0.2) is 56.9 Å². The van der Waals surface area contributed by atoms with Crippen molar-refractivity contribution in [2.24, 2.45) is 0 Å². The van der Waals surface area contributed by atoms with E-state index in [1.165, 1.54) is 0 Å². The van der Waals surface area contributed by atoms with Crippen molar-refractivity contribution < 1.29 is 14.3 Å². The average Bonchev–Trinajstić information content (AvgIpc) is 3.06. The number of rotatable bonds is 8. The van der Waals surface area contributed by atoms with Crippen molar-refractivity contribution in [3.05, 3.63) is 24.3 Å². The van der Waals surface area contributed by atoms with Crippen molar-refractivity contribution in [2.75, 3.05) is 45.2 Å². The maximum absolute atomic E-state index is 11.9. The highest BCUT2D eigenvalue weighted by atomic mass is 16.5. The molecule has 6 nitrogen and oxygen atoms in total. The molecule has 0 radical (unpaired) electrons. The monoisotopic (exact) mass is 321 g/mol. The lowest BCUT2D eigenvalue weighted by Gasteiger charge is -2.15. The van der Waals surface area contributed by atoms with E-state index >= 15 is 0 Å². The number of hydrogen-bond donors (Lipinski definition) is 2. The van der Waals surface area contributed by atoms with Crippen molar-refractivity contribution in [1.82, 2.24) is 10.2 Å². The fourth-order valence-electron chi connectivity index (χ4n) is 2.32. The molecule has 0 aliphatic carbocycles. The van der Waals surface area contributed by atoms with Gasteiger partial charge in [0.05, 0.1) is 6.10 Å². The second kappa shape index (κ2) is 9.37. The first kappa shape index (κ1) is 17.6. The first-order valence-corrected chi connectivity index (χ1v) is 8.25. The molecular weight excluding hydrogens is 294 g/mol. The smallest absolute Gasteiger partial charge is 0.319 e. The predicted molar refractivity (Wildman–Crippen MR) is 91.1 cm³/mol. The Kier molecular flexibility index (Phi) is 7.16. The van der Waals surface area contributed by atoms with E-state index in [9.17, 15) is 4.79 Å². The lowest BCUT2D eigenvalue weighted by molar-refractivity contribution is 0.0680. The van der Waals surface area contributed by atoms with Gasteiger partial charge in [-0.1, -0.05) is 13.0 Å². The molecule has 2 rings (SSSR count). The summed E-state index contributed by atoms with van der Waals surface area (Å²) in [7, 11) is 2.02. The molecule has 1 fully saturated rings.